The molecule has 0 aromatic carbocycles. The monoisotopic (exact) mass is 254 g/mol. The molecule has 1 rings (SSSR count). The van der Waals surface area contributed by atoms with Gasteiger partial charge in [-0.15, -0.1) is 12.4 Å². The Balaban J connectivity index is 0.00000196. The molecule has 15 heavy (non-hydrogen) atoms. The predicted octanol–water partition coefficient (Wildman–Crippen LogP) is -0.00130. The second-order valence-electron chi connectivity index (χ2n) is 3.64. The van der Waals surface area contributed by atoms with Crippen molar-refractivity contribution in [3.63, 3.8) is 0 Å². The van der Waals surface area contributed by atoms with Gasteiger partial charge in [-0.25, -0.2) is 0 Å². The highest BCUT2D eigenvalue weighted by molar-refractivity contribution is 7.99. The summed E-state index contributed by atoms with van der Waals surface area (Å²) in [5.74, 6) is 0.00227. The van der Waals surface area contributed by atoms with E-state index in [0.717, 1.165) is 0 Å². The van der Waals surface area contributed by atoms with E-state index < -0.39 is 0 Å². The number of aliphatic hydroxyl groups excluding tert-OH is 1. The SMILES string of the molecule is CSC(C)CNC(=O)C1CC(O)CN1.Cl. The Kier molecular flexibility index (Phi) is 7.34. The number of aliphatic hydroxyl groups is 1. The Morgan fingerprint density at radius 3 is 2.87 bits per heavy atom. The van der Waals surface area contributed by atoms with Gasteiger partial charge >= 0.3 is 0 Å². The van der Waals surface area contributed by atoms with Crippen LogP contribution in [0.25, 0.3) is 0 Å². The van der Waals surface area contributed by atoms with E-state index in [9.17, 15) is 9.90 Å². The predicted molar refractivity (Wildman–Crippen MR) is 65.6 cm³/mol. The van der Waals surface area contributed by atoms with Gasteiger partial charge in [-0.3, -0.25) is 4.79 Å². The van der Waals surface area contributed by atoms with Crippen molar-refractivity contribution >= 4 is 30.1 Å². The number of carbonyl (C=O) groups is 1. The summed E-state index contributed by atoms with van der Waals surface area (Å²) >= 11 is 1.73. The van der Waals surface area contributed by atoms with Crippen LogP contribution >= 0.6 is 24.2 Å². The average Bonchev–Trinajstić information content (AvgIpc) is 2.60. The summed E-state index contributed by atoms with van der Waals surface area (Å²) in [5.41, 5.74) is 0. The van der Waals surface area contributed by atoms with Gasteiger partial charge in [-0.2, -0.15) is 11.8 Å². The van der Waals surface area contributed by atoms with Crippen LogP contribution in [0.1, 0.15) is 13.3 Å². The number of hydrogen-bond donors (Lipinski definition) is 3. The van der Waals surface area contributed by atoms with Gasteiger partial charge in [0.25, 0.3) is 0 Å². The van der Waals surface area contributed by atoms with E-state index in [1.807, 2.05) is 6.26 Å². The maximum atomic E-state index is 11.5. The van der Waals surface area contributed by atoms with E-state index in [2.05, 4.69) is 17.6 Å². The second-order valence-corrected chi connectivity index (χ2v) is 4.92. The highest BCUT2D eigenvalue weighted by atomic mass is 35.5. The fraction of sp³-hybridized carbons (Fsp3) is 0.889. The lowest BCUT2D eigenvalue weighted by atomic mass is 10.2. The summed E-state index contributed by atoms with van der Waals surface area (Å²) in [4.78, 5) is 11.5. The summed E-state index contributed by atoms with van der Waals surface area (Å²) in [5, 5.41) is 15.5. The van der Waals surface area contributed by atoms with Crippen molar-refractivity contribution in [2.75, 3.05) is 19.3 Å². The minimum atomic E-state index is -0.372. The quantitative estimate of drug-likeness (QED) is 0.661. The fourth-order valence-corrected chi connectivity index (χ4v) is 1.62. The van der Waals surface area contributed by atoms with E-state index in [4.69, 9.17) is 0 Å². The summed E-state index contributed by atoms with van der Waals surface area (Å²) < 4.78 is 0. The Labute approximate surface area is 101 Å². The fourth-order valence-electron chi connectivity index (χ4n) is 1.37. The number of rotatable bonds is 4. The van der Waals surface area contributed by atoms with Crippen LogP contribution in [0.15, 0.2) is 0 Å². The van der Waals surface area contributed by atoms with Gasteiger partial charge in [0, 0.05) is 18.3 Å². The molecule has 1 amide bonds. The lowest BCUT2D eigenvalue weighted by Crippen LogP contribution is -2.42. The molecule has 90 valence electrons. The molecule has 0 bridgehead atoms. The standard InChI is InChI=1S/C9H18N2O2S.ClH/c1-6(14-2)4-11-9(13)8-3-7(12)5-10-8;/h6-8,10,12H,3-5H2,1-2H3,(H,11,13);1H. The van der Waals surface area contributed by atoms with E-state index in [0.29, 0.717) is 24.8 Å². The summed E-state index contributed by atoms with van der Waals surface area (Å²) in [6, 6.07) is -0.209. The molecule has 0 radical (unpaired) electrons. The molecular formula is C9H19ClN2O2S. The zero-order valence-corrected chi connectivity index (χ0v) is 10.7. The third-order valence-corrected chi connectivity index (χ3v) is 3.36. The molecule has 1 aliphatic heterocycles. The first-order chi connectivity index (χ1) is 6.63. The molecule has 0 aromatic rings. The van der Waals surface area contributed by atoms with Crippen LogP contribution in [0.5, 0.6) is 0 Å². The Morgan fingerprint density at radius 1 is 1.73 bits per heavy atom. The zero-order chi connectivity index (χ0) is 10.6. The van der Waals surface area contributed by atoms with E-state index in [1.54, 1.807) is 11.8 Å². The van der Waals surface area contributed by atoms with Gasteiger partial charge in [0.15, 0.2) is 0 Å². The Morgan fingerprint density at radius 2 is 2.40 bits per heavy atom. The molecular weight excluding hydrogens is 236 g/mol. The van der Waals surface area contributed by atoms with Gasteiger partial charge in [-0.1, -0.05) is 6.92 Å². The number of thioether (sulfide) groups is 1. The molecule has 6 heteroatoms. The van der Waals surface area contributed by atoms with Crippen molar-refractivity contribution in [2.45, 2.75) is 30.7 Å². The first-order valence-corrected chi connectivity index (χ1v) is 6.14. The third-order valence-electron chi connectivity index (χ3n) is 2.39. The zero-order valence-electron chi connectivity index (χ0n) is 9.03. The molecule has 1 aliphatic rings. The summed E-state index contributed by atoms with van der Waals surface area (Å²) in [6.07, 6.45) is 2.18. The first kappa shape index (κ1) is 15.0. The van der Waals surface area contributed by atoms with Crippen LogP contribution in [-0.4, -0.2) is 47.8 Å². The minimum absolute atomic E-state index is 0. The normalized spacial score (nSPS) is 26.9. The second kappa shape index (κ2) is 7.33. The number of hydrogen-bond acceptors (Lipinski definition) is 4. The lowest BCUT2D eigenvalue weighted by molar-refractivity contribution is -0.122. The topological polar surface area (TPSA) is 61.4 Å². The van der Waals surface area contributed by atoms with Crippen LogP contribution in [-0.2, 0) is 4.79 Å². The largest absolute Gasteiger partial charge is 0.392 e. The van der Waals surface area contributed by atoms with Crippen LogP contribution in [0.2, 0.25) is 0 Å². The maximum Gasteiger partial charge on any atom is 0.237 e. The number of amides is 1. The van der Waals surface area contributed by atoms with Gasteiger partial charge in [0.05, 0.1) is 12.1 Å². The van der Waals surface area contributed by atoms with Crippen molar-refractivity contribution in [1.29, 1.82) is 0 Å². The molecule has 0 aromatic heterocycles. The third kappa shape index (κ3) is 5.06. The minimum Gasteiger partial charge on any atom is -0.392 e. The van der Waals surface area contributed by atoms with Gasteiger partial charge in [0.1, 0.15) is 0 Å². The maximum absolute atomic E-state index is 11.5. The summed E-state index contributed by atoms with van der Waals surface area (Å²) in [6.45, 7) is 3.28. The molecule has 3 unspecified atom stereocenters. The highest BCUT2D eigenvalue weighted by Gasteiger charge is 2.27. The molecule has 3 atom stereocenters. The molecule has 0 saturated carbocycles. The van der Waals surface area contributed by atoms with E-state index >= 15 is 0 Å². The van der Waals surface area contributed by atoms with Gasteiger partial charge < -0.3 is 15.7 Å². The lowest BCUT2D eigenvalue weighted by Gasteiger charge is -2.13. The van der Waals surface area contributed by atoms with Crippen LogP contribution in [0.3, 0.4) is 0 Å². The van der Waals surface area contributed by atoms with Crippen LogP contribution in [0, 0.1) is 0 Å². The molecule has 0 aliphatic carbocycles. The highest BCUT2D eigenvalue weighted by Crippen LogP contribution is 2.07. The van der Waals surface area contributed by atoms with Crippen molar-refractivity contribution in [1.82, 2.24) is 10.6 Å². The molecule has 4 nitrogen and oxygen atoms in total. The average molecular weight is 255 g/mol. The number of β-amino-alcohol motifs (C(OH)–C–C–N with tert-alkyl or cyclic N) is 1. The number of halogens is 1. The molecule has 1 saturated heterocycles. The van der Waals surface area contributed by atoms with Gasteiger partial charge in [-0.05, 0) is 12.7 Å². The first-order valence-electron chi connectivity index (χ1n) is 4.85. The summed E-state index contributed by atoms with van der Waals surface area (Å²) in [7, 11) is 0. The number of carbonyl (C=O) groups excluding carboxylic acids is 1. The molecule has 1 fully saturated rings. The molecule has 3 N–H and O–H groups in total. The van der Waals surface area contributed by atoms with Crippen LogP contribution < -0.4 is 10.6 Å². The van der Waals surface area contributed by atoms with Crippen LogP contribution in [0.4, 0.5) is 0 Å². The van der Waals surface area contributed by atoms with Crippen molar-refractivity contribution in [3.05, 3.63) is 0 Å². The van der Waals surface area contributed by atoms with Gasteiger partial charge in [0.2, 0.25) is 5.91 Å². The molecule has 1 heterocycles. The Bertz CT molecular complexity index is 207. The van der Waals surface area contributed by atoms with E-state index in [1.165, 1.54) is 0 Å². The smallest absolute Gasteiger partial charge is 0.237 e. The van der Waals surface area contributed by atoms with Crippen molar-refractivity contribution in [2.24, 2.45) is 0 Å². The molecule has 0 spiro atoms. The van der Waals surface area contributed by atoms with Crippen molar-refractivity contribution < 1.29 is 9.90 Å². The Hall–Kier alpha value is 0.0300. The number of nitrogens with one attached hydrogen (secondary N) is 2. The van der Waals surface area contributed by atoms with Crippen molar-refractivity contribution in [3.8, 4) is 0 Å². The van der Waals surface area contributed by atoms with E-state index in [-0.39, 0.29) is 30.5 Å².